The summed E-state index contributed by atoms with van der Waals surface area (Å²) in [6.07, 6.45) is 4.94. The van der Waals surface area contributed by atoms with Gasteiger partial charge in [0.15, 0.2) is 0 Å². The van der Waals surface area contributed by atoms with Crippen LogP contribution in [-0.4, -0.2) is 49.7 Å². The number of carbonyl (C=O) groups excluding carboxylic acids is 1. The van der Waals surface area contributed by atoms with E-state index in [1.54, 1.807) is 0 Å². The van der Waals surface area contributed by atoms with Gasteiger partial charge in [-0.15, -0.1) is 0 Å². The van der Waals surface area contributed by atoms with E-state index in [-0.39, 0.29) is 12.0 Å². The maximum Gasteiger partial charge on any atom is 0.234 e. The lowest BCUT2D eigenvalue weighted by molar-refractivity contribution is -0.122. The maximum atomic E-state index is 11.6. The third-order valence-electron chi connectivity index (χ3n) is 2.91. The number of likely N-dealkylation sites (tertiary alicyclic amines) is 1. The van der Waals surface area contributed by atoms with Crippen LogP contribution in [0.2, 0.25) is 0 Å². The van der Waals surface area contributed by atoms with Gasteiger partial charge in [0, 0.05) is 13.2 Å². The summed E-state index contributed by atoms with van der Waals surface area (Å²) in [5.41, 5.74) is 0. The third kappa shape index (κ3) is 7.34. The molecule has 1 saturated heterocycles. The first-order chi connectivity index (χ1) is 8.18. The zero-order valence-corrected chi connectivity index (χ0v) is 11.2. The van der Waals surface area contributed by atoms with Crippen LogP contribution in [-0.2, 0) is 9.53 Å². The highest BCUT2D eigenvalue weighted by molar-refractivity contribution is 5.77. The number of ether oxygens (including phenoxy) is 1. The zero-order valence-electron chi connectivity index (χ0n) is 11.2. The summed E-state index contributed by atoms with van der Waals surface area (Å²) in [6.45, 7) is 8.20. The fourth-order valence-corrected chi connectivity index (χ4v) is 2.00. The van der Waals surface area contributed by atoms with Gasteiger partial charge in [0.25, 0.3) is 0 Å². The molecule has 0 bridgehead atoms. The number of hydrogen-bond acceptors (Lipinski definition) is 3. The lowest BCUT2D eigenvalue weighted by Crippen LogP contribution is -2.40. The zero-order chi connectivity index (χ0) is 12.5. The number of rotatable bonds is 7. The average molecular weight is 242 g/mol. The maximum absolute atomic E-state index is 11.6. The van der Waals surface area contributed by atoms with E-state index in [2.05, 4.69) is 10.2 Å². The van der Waals surface area contributed by atoms with Crippen molar-refractivity contribution in [2.24, 2.45) is 0 Å². The molecule has 4 heteroatoms. The van der Waals surface area contributed by atoms with Crippen LogP contribution < -0.4 is 5.32 Å². The van der Waals surface area contributed by atoms with E-state index in [1.165, 1.54) is 19.3 Å². The summed E-state index contributed by atoms with van der Waals surface area (Å²) in [5.74, 6) is 0.149. The Hall–Kier alpha value is -0.610. The normalized spacial score (nSPS) is 17.4. The van der Waals surface area contributed by atoms with Crippen LogP contribution in [0.1, 0.15) is 39.5 Å². The van der Waals surface area contributed by atoms with Crippen LogP contribution in [0.15, 0.2) is 0 Å². The number of amides is 1. The fraction of sp³-hybridized carbons (Fsp3) is 0.923. The van der Waals surface area contributed by atoms with Crippen molar-refractivity contribution >= 4 is 5.91 Å². The number of hydrogen-bond donors (Lipinski definition) is 1. The summed E-state index contributed by atoms with van der Waals surface area (Å²) in [6, 6.07) is 0. The molecule has 1 heterocycles. The standard InChI is InChI=1S/C13H26N2O2/c1-12(2)17-10-6-7-14-13(16)11-15-8-4-3-5-9-15/h12H,3-11H2,1-2H3,(H,14,16). The SMILES string of the molecule is CC(C)OCCCNC(=O)CN1CCCCC1. The van der Waals surface area contributed by atoms with Gasteiger partial charge in [-0.25, -0.2) is 0 Å². The summed E-state index contributed by atoms with van der Waals surface area (Å²) in [5, 5.41) is 2.94. The quantitative estimate of drug-likeness (QED) is 0.686. The molecule has 0 aliphatic carbocycles. The van der Waals surface area contributed by atoms with Crippen LogP contribution in [0.3, 0.4) is 0 Å². The van der Waals surface area contributed by atoms with Gasteiger partial charge in [0.2, 0.25) is 5.91 Å². The lowest BCUT2D eigenvalue weighted by atomic mass is 10.1. The molecule has 0 saturated carbocycles. The Morgan fingerprint density at radius 1 is 1.29 bits per heavy atom. The monoisotopic (exact) mass is 242 g/mol. The van der Waals surface area contributed by atoms with Gasteiger partial charge >= 0.3 is 0 Å². The molecule has 0 spiro atoms. The molecule has 4 nitrogen and oxygen atoms in total. The topological polar surface area (TPSA) is 41.6 Å². The predicted octanol–water partition coefficient (Wildman–Crippen LogP) is 1.40. The molecule has 0 aromatic carbocycles. The minimum absolute atomic E-state index is 0.149. The second-order valence-corrected chi connectivity index (χ2v) is 4.96. The Morgan fingerprint density at radius 3 is 2.65 bits per heavy atom. The Morgan fingerprint density at radius 2 is 2.00 bits per heavy atom. The van der Waals surface area contributed by atoms with E-state index in [0.717, 1.165) is 32.7 Å². The van der Waals surface area contributed by atoms with Crippen molar-refractivity contribution in [1.29, 1.82) is 0 Å². The smallest absolute Gasteiger partial charge is 0.234 e. The van der Waals surface area contributed by atoms with Crippen molar-refractivity contribution in [3.05, 3.63) is 0 Å². The van der Waals surface area contributed by atoms with E-state index >= 15 is 0 Å². The molecule has 0 aromatic heterocycles. The second-order valence-electron chi connectivity index (χ2n) is 4.96. The minimum atomic E-state index is 0.149. The first-order valence-electron chi connectivity index (χ1n) is 6.79. The second kappa shape index (κ2) is 8.48. The van der Waals surface area contributed by atoms with Crippen LogP contribution in [0, 0.1) is 0 Å². The molecule has 1 rings (SSSR count). The molecule has 1 N–H and O–H groups in total. The Labute approximate surface area is 105 Å². The van der Waals surface area contributed by atoms with Crippen molar-refractivity contribution < 1.29 is 9.53 Å². The summed E-state index contributed by atoms with van der Waals surface area (Å²) in [4.78, 5) is 13.9. The molecule has 100 valence electrons. The third-order valence-corrected chi connectivity index (χ3v) is 2.91. The molecule has 1 fully saturated rings. The number of nitrogens with one attached hydrogen (secondary N) is 1. The van der Waals surface area contributed by atoms with Crippen LogP contribution in [0.25, 0.3) is 0 Å². The molecule has 1 amide bonds. The van der Waals surface area contributed by atoms with Gasteiger partial charge < -0.3 is 10.1 Å². The molecule has 17 heavy (non-hydrogen) atoms. The average Bonchev–Trinajstić information content (AvgIpc) is 2.29. The van der Waals surface area contributed by atoms with Gasteiger partial charge in [-0.05, 0) is 46.2 Å². The molecular formula is C13H26N2O2. The molecule has 1 aliphatic heterocycles. The Balaban J connectivity index is 1.97. The molecule has 0 atom stereocenters. The highest BCUT2D eigenvalue weighted by atomic mass is 16.5. The molecule has 0 aromatic rings. The fourth-order valence-electron chi connectivity index (χ4n) is 2.00. The van der Waals surface area contributed by atoms with Crippen molar-refractivity contribution in [3.63, 3.8) is 0 Å². The lowest BCUT2D eigenvalue weighted by Gasteiger charge is -2.25. The van der Waals surface area contributed by atoms with Crippen molar-refractivity contribution in [1.82, 2.24) is 10.2 Å². The van der Waals surface area contributed by atoms with Crippen LogP contribution in [0.5, 0.6) is 0 Å². The van der Waals surface area contributed by atoms with Gasteiger partial charge in [-0.2, -0.15) is 0 Å². The van der Waals surface area contributed by atoms with Gasteiger partial charge in [0.05, 0.1) is 12.6 Å². The van der Waals surface area contributed by atoms with E-state index in [0.29, 0.717) is 6.54 Å². The number of carbonyl (C=O) groups is 1. The number of nitrogens with zero attached hydrogens (tertiary/aromatic N) is 1. The largest absolute Gasteiger partial charge is 0.379 e. The Kier molecular flexibility index (Phi) is 7.21. The van der Waals surface area contributed by atoms with Gasteiger partial charge in [0.1, 0.15) is 0 Å². The van der Waals surface area contributed by atoms with Crippen molar-refractivity contribution in [2.75, 3.05) is 32.8 Å². The van der Waals surface area contributed by atoms with Gasteiger partial charge in [-0.1, -0.05) is 6.42 Å². The number of piperidine rings is 1. The van der Waals surface area contributed by atoms with E-state index in [4.69, 9.17) is 4.74 Å². The van der Waals surface area contributed by atoms with E-state index < -0.39 is 0 Å². The molecule has 0 radical (unpaired) electrons. The van der Waals surface area contributed by atoms with Crippen LogP contribution >= 0.6 is 0 Å². The first-order valence-corrected chi connectivity index (χ1v) is 6.79. The molecule has 1 aliphatic rings. The van der Waals surface area contributed by atoms with Crippen molar-refractivity contribution in [3.8, 4) is 0 Å². The summed E-state index contributed by atoms with van der Waals surface area (Å²) >= 11 is 0. The first kappa shape index (κ1) is 14.5. The Bertz CT molecular complexity index is 213. The van der Waals surface area contributed by atoms with Crippen LogP contribution in [0.4, 0.5) is 0 Å². The van der Waals surface area contributed by atoms with E-state index in [1.807, 2.05) is 13.8 Å². The predicted molar refractivity (Wildman–Crippen MR) is 69.0 cm³/mol. The molecular weight excluding hydrogens is 216 g/mol. The van der Waals surface area contributed by atoms with Crippen molar-refractivity contribution in [2.45, 2.75) is 45.6 Å². The minimum Gasteiger partial charge on any atom is -0.379 e. The summed E-state index contributed by atoms with van der Waals surface area (Å²) < 4.78 is 5.41. The highest BCUT2D eigenvalue weighted by Crippen LogP contribution is 2.07. The highest BCUT2D eigenvalue weighted by Gasteiger charge is 2.13. The summed E-state index contributed by atoms with van der Waals surface area (Å²) in [7, 11) is 0. The van der Waals surface area contributed by atoms with Gasteiger partial charge in [-0.3, -0.25) is 9.69 Å². The van der Waals surface area contributed by atoms with E-state index in [9.17, 15) is 4.79 Å². The molecule has 0 unspecified atom stereocenters.